The molecule has 1 unspecified atom stereocenters. The molecule has 46 heavy (non-hydrogen) atoms. The first-order valence-electron chi connectivity index (χ1n) is 19.9. The fourth-order valence-electron chi connectivity index (χ4n) is 5.63. The molecule has 0 radical (unpaired) electrons. The van der Waals surface area contributed by atoms with E-state index < -0.39 is 0 Å². The zero-order valence-electron chi connectivity index (χ0n) is 30.9. The highest BCUT2D eigenvalue weighted by Crippen LogP contribution is 2.12. The number of unbranched alkanes of at least 4 members (excludes halogenated alkanes) is 19. The average molecular weight is 657 g/mol. The summed E-state index contributed by atoms with van der Waals surface area (Å²) < 4.78 is 18.0. The van der Waals surface area contributed by atoms with Crippen LogP contribution in [-0.2, 0) is 14.2 Å². The van der Waals surface area contributed by atoms with Crippen molar-refractivity contribution in [2.45, 2.75) is 174 Å². The van der Waals surface area contributed by atoms with Gasteiger partial charge in [-0.25, -0.2) is 4.79 Å². The lowest BCUT2D eigenvalue weighted by Gasteiger charge is -2.24. The monoisotopic (exact) mass is 657 g/mol. The van der Waals surface area contributed by atoms with Crippen LogP contribution in [0.25, 0.3) is 0 Å². The lowest BCUT2D eigenvalue weighted by Crippen LogP contribution is -2.37. The van der Waals surface area contributed by atoms with Crippen LogP contribution >= 0.6 is 0 Å². The van der Waals surface area contributed by atoms with Gasteiger partial charge in [0, 0.05) is 26.3 Å². The minimum Gasteiger partial charge on any atom is -0.447 e. The zero-order chi connectivity index (χ0) is 33.6. The van der Waals surface area contributed by atoms with Crippen LogP contribution in [0.2, 0.25) is 0 Å². The van der Waals surface area contributed by atoms with E-state index in [-0.39, 0.29) is 18.8 Å². The highest BCUT2D eigenvalue weighted by atomic mass is 16.6. The number of nitrogens with zero attached hydrogens (tertiary/aromatic N) is 1. The second kappa shape index (κ2) is 38.5. The van der Waals surface area contributed by atoms with Crippen molar-refractivity contribution < 1.29 is 19.0 Å². The van der Waals surface area contributed by atoms with E-state index in [2.05, 4.69) is 19.2 Å². The highest BCUT2D eigenvalue weighted by molar-refractivity contribution is 5.67. The van der Waals surface area contributed by atoms with Crippen LogP contribution in [0.3, 0.4) is 0 Å². The lowest BCUT2D eigenvalue weighted by atomic mass is 10.1. The topological polar surface area (TPSA) is 112 Å². The summed E-state index contributed by atoms with van der Waals surface area (Å²) in [5.74, 6) is 0. The van der Waals surface area contributed by atoms with Crippen LogP contribution in [0.15, 0.2) is 0 Å². The van der Waals surface area contributed by atoms with Crippen molar-refractivity contribution in [1.82, 2.24) is 10.2 Å². The van der Waals surface area contributed by atoms with Crippen molar-refractivity contribution in [1.29, 1.82) is 0 Å². The number of nitrogens with one attached hydrogen (secondary N) is 1. The lowest BCUT2D eigenvalue weighted by molar-refractivity contribution is -0.0506. The van der Waals surface area contributed by atoms with E-state index in [1.165, 1.54) is 116 Å². The Hall–Kier alpha value is -0.930. The van der Waals surface area contributed by atoms with Gasteiger partial charge >= 0.3 is 6.09 Å². The summed E-state index contributed by atoms with van der Waals surface area (Å²) in [5.41, 5.74) is 11.3. The number of carbonyl (C=O) groups is 1. The molecule has 0 saturated carbocycles. The minimum absolute atomic E-state index is 0.228. The molecule has 0 aliphatic heterocycles. The van der Waals surface area contributed by atoms with E-state index in [1.54, 1.807) is 4.90 Å². The molecule has 0 aromatic carbocycles. The third-order valence-electron chi connectivity index (χ3n) is 8.67. The van der Waals surface area contributed by atoms with E-state index in [0.717, 1.165) is 58.2 Å². The van der Waals surface area contributed by atoms with Gasteiger partial charge in [-0.1, -0.05) is 129 Å². The van der Waals surface area contributed by atoms with Crippen LogP contribution in [0, 0.1) is 0 Å². The Bertz CT molecular complexity index is 599. The number of hydrogen-bond acceptors (Lipinski definition) is 7. The summed E-state index contributed by atoms with van der Waals surface area (Å²) in [6.45, 7) is 11.1. The fourth-order valence-corrected chi connectivity index (χ4v) is 5.63. The average Bonchev–Trinajstić information content (AvgIpc) is 3.06. The second-order valence-corrected chi connectivity index (χ2v) is 13.2. The molecule has 8 nitrogen and oxygen atoms in total. The Morgan fingerprint density at radius 2 is 1.04 bits per heavy atom. The Balaban J connectivity index is 4.46. The predicted molar refractivity (Wildman–Crippen MR) is 197 cm³/mol. The molecule has 0 aliphatic carbocycles. The number of rotatable bonds is 38. The van der Waals surface area contributed by atoms with Crippen LogP contribution in [0.4, 0.5) is 4.79 Å². The maximum Gasteiger partial charge on any atom is 0.409 e. The van der Waals surface area contributed by atoms with Crippen LogP contribution in [0.5, 0.6) is 0 Å². The van der Waals surface area contributed by atoms with Crippen molar-refractivity contribution >= 4 is 6.09 Å². The summed E-state index contributed by atoms with van der Waals surface area (Å²) >= 11 is 0. The van der Waals surface area contributed by atoms with Crippen molar-refractivity contribution in [3.8, 4) is 0 Å². The molecule has 0 heterocycles. The van der Waals surface area contributed by atoms with Gasteiger partial charge in [0.2, 0.25) is 0 Å². The minimum atomic E-state index is -0.272. The van der Waals surface area contributed by atoms with Crippen LogP contribution in [-0.4, -0.2) is 82.8 Å². The molecule has 1 atom stereocenters. The van der Waals surface area contributed by atoms with Gasteiger partial charge in [0.1, 0.15) is 12.7 Å². The summed E-state index contributed by atoms with van der Waals surface area (Å²) in [7, 11) is 0. The number of ether oxygens (including phenoxy) is 3. The molecule has 0 aliphatic rings. The first-order valence-corrected chi connectivity index (χ1v) is 19.9. The largest absolute Gasteiger partial charge is 0.447 e. The standard InChI is InChI=1S/C38H80N4O4/c1-3-5-7-9-11-13-15-17-19-23-33-44-35-37(45-34-24-20-18-16-14-12-10-8-6-4-2)36-46-38(43)42(32-26-28-40)31-22-21-29-41-30-25-27-39/h37,41H,3-36,39-40H2,1-2H3. The number of nitrogens with two attached hydrogens (primary N) is 2. The Morgan fingerprint density at radius 1 is 0.565 bits per heavy atom. The molecular weight excluding hydrogens is 576 g/mol. The second-order valence-electron chi connectivity index (χ2n) is 13.2. The zero-order valence-corrected chi connectivity index (χ0v) is 30.9. The molecule has 0 saturated heterocycles. The quantitative estimate of drug-likeness (QED) is 0.0570. The van der Waals surface area contributed by atoms with E-state index in [1.807, 2.05) is 0 Å². The number of amides is 1. The molecule has 0 spiro atoms. The van der Waals surface area contributed by atoms with Crippen LogP contribution in [0.1, 0.15) is 168 Å². The molecule has 0 rings (SSSR count). The first kappa shape index (κ1) is 45.1. The molecule has 0 aromatic heterocycles. The van der Waals surface area contributed by atoms with Gasteiger partial charge in [0.25, 0.3) is 0 Å². The highest BCUT2D eigenvalue weighted by Gasteiger charge is 2.18. The first-order chi connectivity index (χ1) is 22.7. The van der Waals surface area contributed by atoms with Gasteiger partial charge in [-0.05, 0) is 64.7 Å². The van der Waals surface area contributed by atoms with Crippen molar-refractivity contribution in [3.63, 3.8) is 0 Å². The van der Waals surface area contributed by atoms with Gasteiger partial charge in [0.05, 0.1) is 6.61 Å². The van der Waals surface area contributed by atoms with Gasteiger partial charge in [0.15, 0.2) is 0 Å². The predicted octanol–water partition coefficient (Wildman–Crippen LogP) is 8.74. The SMILES string of the molecule is CCCCCCCCCCCCOCC(COC(=O)N(CCCN)CCCCNCCCN)OCCCCCCCCCCCC. The maximum atomic E-state index is 13.0. The van der Waals surface area contributed by atoms with E-state index in [4.69, 9.17) is 25.7 Å². The van der Waals surface area contributed by atoms with Crippen molar-refractivity contribution in [3.05, 3.63) is 0 Å². The van der Waals surface area contributed by atoms with Gasteiger partial charge in [-0.15, -0.1) is 0 Å². The van der Waals surface area contributed by atoms with E-state index in [0.29, 0.717) is 39.4 Å². The maximum absolute atomic E-state index is 13.0. The molecule has 0 fully saturated rings. The van der Waals surface area contributed by atoms with Gasteiger partial charge in [-0.3, -0.25) is 0 Å². The number of carbonyl (C=O) groups excluding carboxylic acids is 1. The van der Waals surface area contributed by atoms with E-state index >= 15 is 0 Å². The number of hydrogen-bond donors (Lipinski definition) is 3. The van der Waals surface area contributed by atoms with Crippen molar-refractivity contribution in [2.75, 3.05) is 65.7 Å². The fraction of sp³-hybridized carbons (Fsp3) is 0.974. The summed E-state index contributed by atoms with van der Waals surface area (Å²) in [5, 5.41) is 3.40. The van der Waals surface area contributed by atoms with Crippen LogP contribution < -0.4 is 16.8 Å². The van der Waals surface area contributed by atoms with E-state index in [9.17, 15) is 4.79 Å². The molecule has 0 aromatic rings. The normalized spacial score (nSPS) is 12.1. The molecule has 5 N–H and O–H groups in total. The van der Waals surface area contributed by atoms with Crippen molar-refractivity contribution in [2.24, 2.45) is 11.5 Å². The molecule has 1 amide bonds. The third-order valence-corrected chi connectivity index (χ3v) is 8.67. The Labute approximate surface area is 286 Å². The third kappa shape index (κ3) is 33.0. The van der Waals surface area contributed by atoms with Gasteiger partial charge < -0.3 is 35.9 Å². The Kier molecular flexibility index (Phi) is 37.7. The summed E-state index contributed by atoms with van der Waals surface area (Å²) in [6.07, 6.45) is 29.3. The van der Waals surface area contributed by atoms with Gasteiger partial charge in [-0.2, -0.15) is 0 Å². The molecular formula is C38H80N4O4. The molecule has 0 bridgehead atoms. The molecule has 8 heteroatoms. The Morgan fingerprint density at radius 3 is 1.59 bits per heavy atom. The summed E-state index contributed by atoms with van der Waals surface area (Å²) in [4.78, 5) is 14.8. The molecule has 276 valence electrons. The summed E-state index contributed by atoms with van der Waals surface area (Å²) in [6, 6.07) is 0. The smallest absolute Gasteiger partial charge is 0.409 e.